The molecule has 2 N–H and O–H groups in total. The van der Waals surface area contributed by atoms with Crippen molar-refractivity contribution in [2.75, 3.05) is 32.5 Å². The van der Waals surface area contributed by atoms with E-state index in [9.17, 15) is 22.4 Å². The average molecular weight is 357 g/mol. The second kappa shape index (κ2) is 7.69. The zero-order chi connectivity index (χ0) is 18.6. The Labute approximate surface area is 143 Å². The predicted octanol–water partition coefficient (Wildman–Crippen LogP) is 3.15. The third-order valence-electron chi connectivity index (χ3n) is 3.85. The van der Waals surface area contributed by atoms with E-state index in [1.807, 2.05) is 19.0 Å². The summed E-state index contributed by atoms with van der Waals surface area (Å²) in [5.74, 6) is -0.978. The Morgan fingerprint density at radius 3 is 2.64 bits per heavy atom. The fourth-order valence-electron chi connectivity index (χ4n) is 2.68. The van der Waals surface area contributed by atoms with Crippen LogP contribution in [0.1, 0.15) is 12.0 Å². The third-order valence-corrected chi connectivity index (χ3v) is 3.85. The minimum Gasteiger partial charge on any atom is -0.380 e. The fraction of sp³-hybridized carbons (Fsp3) is 0.353. The molecule has 0 saturated heterocycles. The summed E-state index contributed by atoms with van der Waals surface area (Å²) in [6.07, 6.45) is -2.47. The fourth-order valence-corrected chi connectivity index (χ4v) is 2.68. The Morgan fingerprint density at radius 2 is 2.04 bits per heavy atom. The first-order valence-electron chi connectivity index (χ1n) is 7.63. The van der Waals surface area contributed by atoms with Gasteiger partial charge in [-0.05, 0) is 36.7 Å². The zero-order valence-electron chi connectivity index (χ0n) is 13.9. The van der Waals surface area contributed by atoms with Gasteiger partial charge in [0.2, 0.25) is 0 Å². The number of carbonyl (C=O) groups excluding carboxylic acids is 1. The number of nitrogens with zero attached hydrogens (tertiary/aromatic N) is 1. The van der Waals surface area contributed by atoms with Crippen molar-refractivity contribution in [1.82, 2.24) is 10.2 Å². The number of halogens is 4. The average Bonchev–Trinajstić information content (AvgIpc) is 2.55. The van der Waals surface area contributed by atoms with Crippen molar-refractivity contribution < 1.29 is 22.4 Å². The minimum atomic E-state index is -4.72. The molecule has 2 rings (SSSR count). The van der Waals surface area contributed by atoms with Crippen molar-refractivity contribution in [3.05, 3.63) is 52.6 Å². The molecule has 25 heavy (non-hydrogen) atoms. The molecule has 0 unspecified atom stereocenters. The van der Waals surface area contributed by atoms with E-state index in [2.05, 4.69) is 10.6 Å². The van der Waals surface area contributed by atoms with Gasteiger partial charge in [-0.3, -0.25) is 4.79 Å². The van der Waals surface area contributed by atoms with Crippen LogP contribution in [-0.2, 0) is 11.0 Å². The molecule has 0 aromatic heterocycles. The first kappa shape index (κ1) is 19.0. The number of benzene rings is 1. The van der Waals surface area contributed by atoms with E-state index in [4.69, 9.17) is 0 Å². The second-order valence-corrected chi connectivity index (χ2v) is 5.78. The topological polar surface area (TPSA) is 44.4 Å². The Morgan fingerprint density at radius 1 is 1.32 bits per heavy atom. The minimum absolute atomic E-state index is 0.275. The van der Waals surface area contributed by atoms with Crippen LogP contribution in [0, 0.1) is 5.82 Å². The first-order valence-corrected chi connectivity index (χ1v) is 7.63. The van der Waals surface area contributed by atoms with Gasteiger partial charge in [0, 0.05) is 38.1 Å². The highest BCUT2D eigenvalue weighted by atomic mass is 19.4. The van der Waals surface area contributed by atoms with Crippen LogP contribution in [0.2, 0.25) is 0 Å². The molecule has 0 aliphatic carbocycles. The number of hydrogen-bond donors (Lipinski definition) is 2. The van der Waals surface area contributed by atoms with Gasteiger partial charge in [-0.15, -0.1) is 0 Å². The third kappa shape index (κ3) is 4.60. The molecule has 0 spiro atoms. The van der Waals surface area contributed by atoms with Gasteiger partial charge in [0.1, 0.15) is 12.1 Å². The van der Waals surface area contributed by atoms with Crippen LogP contribution >= 0.6 is 0 Å². The van der Waals surface area contributed by atoms with Crippen LogP contribution in [0.5, 0.6) is 0 Å². The van der Waals surface area contributed by atoms with Crippen molar-refractivity contribution in [2.45, 2.75) is 12.6 Å². The molecule has 1 aliphatic heterocycles. The molecule has 1 aromatic carbocycles. The molecule has 0 fully saturated rings. The smallest absolute Gasteiger partial charge is 0.380 e. The lowest BCUT2D eigenvalue weighted by molar-refractivity contribution is -0.137. The Hall–Kier alpha value is -2.35. The van der Waals surface area contributed by atoms with E-state index in [0.717, 1.165) is 23.4 Å². The summed E-state index contributed by atoms with van der Waals surface area (Å²) >= 11 is 0. The highest BCUT2D eigenvalue weighted by Gasteiger charge is 2.34. The lowest BCUT2D eigenvalue weighted by Gasteiger charge is -2.29. The van der Waals surface area contributed by atoms with Gasteiger partial charge in [-0.1, -0.05) is 0 Å². The molecule has 0 saturated carbocycles. The lowest BCUT2D eigenvalue weighted by atomic mass is 10.0. The molecule has 0 bridgehead atoms. The van der Waals surface area contributed by atoms with Crippen LogP contribution in [0.15, 0.2) is 41.2 Å². The zero-order valence-corrected chi connectivity index (χ0v) is 13.9. The number of carbonyl (C=O) groups is 1. The van der Waals surface area contributed by atoms with E-state index in [1.54, 1.807) is 0 Å². The molecular formula is C17H19F4N3O. The van der Waals surface area contributed by atoms with Crippen molar-refractivity contribution in [2.24, 2.45) is 0 Å². The van der Waals surface area contributed by atoms with Gasteiger partial charge in [0.05, 0.1) is 11.3 Å². The summed E-state index contributed by atoms with van der Waals surface area (Å²) in [4.78, 5) is 12.9. The SMILES string of the molecule is CN(C)C1=C(/C(=C\C=O)Nc2ccc(F)cc2C(F)(F)F)CCNC1. The largest absolute Gasteiger partial charge is 0.418 e. The maximum atomic E-state index is 13.3. The molecule has 1 heterocycles. The number of allylic oxidation sites excluding steroid dienone is 2. The highest BCUT2D eigenvalue weighted by molar-refractivity contribution is 5.72. The number of rotatable bonds is 5. The van der Waals surface area contributed by atoms with E-state index < -0.39 is 17.6 Å². The quantitative estimate of drug-likeness (QED) is 0.483. The van der Waals surface area contributed by atoms with E-state index >= 15 is 0 Å². The maximum Gasteiger partial charge on any atom is 0.418 e. The lowest BCUT2D eigenvalue weighted by Crippen LogP contribution is -2.33. The first-order chi connectivity index (χ1) is 11.7. The van der Waals surface area contributed by atoms with Crippen LogP contribution in [0.4, 0.5) is 23.2 Å². The molecule has 8 heteroatoms. The van der Waals surface area contributed by atoms with Crippen LogP contribution < -0.4 is 10.6 Å². The van der Waals surface area contributed by atoms with Crippen molar-refractivity contribution >= 4 is 12.0 Å². The number of aldehydes is 1. The van der Waals surface area contributed by atoms with Gasteiger partial charge < -0.3 is 15.5 Å². The van der Waals surface area contributed by atoms with E-state index in [-0.39, 0.29) is 11.4 Å². The van der Waals surface area contributed by atoms with E-state index in [1.165, 1.54) is 6.08 Å². The molecule has 136 valence electrons. The highest BCUT2D eigenvalue weighted by Crippen LogP contribution is 2.36. The van der Waals surface area contributed by atoms with Crippen molar-refractivity contribution in [3.63, 3.8) is 0 Å². The summed E-state index contributed by atoms with van der Waals surface area (Å²) in [7, 11) is 3.64. The van der Waals surface area contributed by atoms with Crippen molar-refractivity contribution in [3.8, 4) is 0 Å². The second-order valence-electron chi connectivity index (χ2n) is 5.78. The molecule has 1 aliphatic rings. The van der Waals surface area contributed by atoms with Gasteiger partial charge in [-0.25, -0.2) is 4.39 Å². The number of nitrogens with one attached hydrogen (secondary N) is 2. The Kier molecular flexibility index (Phi) is 5.84. The van der Waals surface area contributed by atoms with Gasteiger partial charge in [0.15, 0.2) is 0 Å². The maximum absolute atomic E-state index is 13.3. The number of hydrogen-bond acceptors (Lipinski definition) is 4. The van der Waals surface area contributed by atoms with Crippen LogP contribution in [0.3, 0.4) is 0 Å². The number of alkyl halides is 3. The van der Waals surface area contributed by atoms with Crippen LogP contribution in [0.25, 0.3) is 0 Å². The summed E-state index contributed by atoms with van der Waals surface area (Å²) in [6.45, 7) is 1.18. The van der Waals surface area contributed by atoms with Crippen molar-refractivity contribution in [1.29, 1.82) is 0 Å². The predicted molar refractivity (Wildman–Crippen MR) is 87.4 cm³/mol. The monoisotopic (exact) mass is 357 g/mol. The Balaban J connectivity index is 2.48. The van der Waals surface area contributed by atoms with Gasteiger partial charge in [0.25, 0.3) is 0 Å². The number of anilines is 1. The molecular weight excluding hydrogens is 338 g/mol. The molecule has 0 atom stereocenters. The number of likely N-dealkylation sites (N-methyl/N-ethyl adjacent to an activating group) is 1. The standard InChI is InChI=1S/C17H19F4N3O/c1-24(2)16-10-22-7-5-12(16)14(6-8-25)23-15-4-3-11(18)9-13(15)17(19,20)21/h3-4,6,8-9,22-23H,5,7,10H2,1-2H3/b14-6+. The van der Waals surface area contributed by atoms with Crippen LogP contribution in [-0.4, -0.2) is 38.4 Å². The molecule has 0 radical (unpaired) electrons. The van der Waals surface area contributed by atoms with E-state index in [0.29, 0.717) is 31.9 Å². The molecule has 4 nitrogen and oxygen atoms in total. The van der Waals surface area contributed by atoms with Gasteiger partial charge >= 0.3 is 6.18 Å². The summed E-state index contributed by atoms with van der Waals surface area (Å²) in [5, 5.41) is 5.85. The molecule has 1 aromatic rings. The van der Waals surface area contributed by atoms with Gasteiger partial charge in [-0.2, -0.15) is 13.2 Å². The molecule has 0 amide bonds. The summed E-state index contributed by atoms with van der Waals surface area (Å²) < 4.78 is 52.8. The normalized spacial score (nSPS) is 16.0. The Bertz CT molecular complexity index is 708. The summed E-state index contributed by atoms with van der Waals surface area (Å²) in [5.41, 5.74) is 0.463. The summed E-state index contributed by atoms with van der Waals surface area (Å²) in [6, 6.07) is 2.40.